The molecule has 0 saturated heterocycles. The second-order valence-corrected chi connectivity index (χ2v) is 2.71. The molecule has 6 nitrogen and oxygen atoms in total. The molecule has 0 aliphatic heterocycles. The molecule has 0 saturated carbocycles. The Morgan fingerprint density at radius 2 is 2.12 bits per heavy atom. The number of anilines is 1. The minimum Gasteiger partial charge on any atom is -0.370 e. The van der Waals surface area contributed by atoms with Crippen molar-refractivity contribution in [2.45, 2.75) is 6.92 Å². The molecule has 2 heterocycles. The first-order valence-electron chi connectivity index (χ1n) is 4.82. The van der Waals surface area contributed by atoms with Crippen molar-refractivity contribution in [3.05, 3.63) is 47.5 Å². The van der Waals surface area contributed by atoms with E-state index in [1.807, 2.05) is 6.92 Å². The third kappa shape index (κ3) is 4.85. The molecule has 0 aliphatic rings. The SMILES string of the molecule is CCNc1cc[nH]c(=O)n1.c1cncnc1. The molecule has 0 bridgehead atoms. The molecule has 0 aromatic carbocycles. The highest BCUT2D eigenvalue weighted by Crippen LogP contribution is 1.92. The van der Waals surface area contributed by atoms with Crippen molar-refractivity contribution in [3.63, 3.8) is 0 Å². The van der Waals surface area contributed by atoms with Gasteiger partial charge in [0, 0.05) is 25.1 Å². The molecular weight excluding hydrogens is 206 g/mol. The van der Waals surface area contributed by atoms with Crippen molar-refractivity contribution in [1.29, 1.82) is 0 Å². The van der Waals surface area contributed by atoms with Gasteiger partial charge in [-0.15, -0.1) is 0 Å². The molecule has 2 rings (SSSR count). The van der Waals surface area contributed by atoms with Gasteiger partial charge in [-0.1, -0.05) is 0 Å². The van der Waals surface area contributed by atoms with E-state index in [4.69, 9.17) is 0 Å². The minimum atomic E-state index is -0.321. The highest BCUT2D eigenvalue weighted by atomic mass is 16.1. The quantitative estimate of drug-likeness (QED) is 0.776. The molecule has 2 aromatic rings. The Morgan fingerprint density at radius 1 is 1.38 bits per heavy atom. The fourth-order valence-electron chi connectivity index (χ4n) is 0.904. The topological polar surface area (TPSA) is 83.6 Å². The highest BCUT2D eigenvalue weighted by molar-refractivity contribution is 5.30. The fraction of sp³-hybridized carbons (Fsp3) is 0.200. The third-order valence-electron chi connectivity index (χ3n) is 1.51. The van der Waals surface area contributed by atoms with Crippen LogP contribution in [0.15, 0.2) is 41.8 Å². The summed E-state index contributed by atoms with van der Waals surface area (Å²) in [6.45, 7) is 2.72. The Hall–Kier alpha value is -2.24. The van der Waals surface area contributed by atoms with Crippen molar-refractivity contribution in [2.75, 3.05) is 11.9 Å². The van der Waals surface area contributed by atoms with Gasteiger partial charge in [-0.25, -0.2) is 14.8 Å². The number of rotatable bonds is 2. The summed E-state index contributed by atoms with van der Waals surface area (Å²) < 4.78 is 0. The van der Waals surface area contributed by atoms with Gasteiger partial charge in [0.15, 0.2) is 0 Å². The number of nitrogens with zero attached hydrogens (tertiary/aromatic N) is 3. The van der Waals surface area contributed by atoms with Gasteiger partial charge < -0.3 is 10.3 Å². The summed E-state index contributed by atoms with van der Waals surface area (Å²) in [6, 6.07) is 3.49. The van der Waals surface area contributed by atoms with E-state index in [1.54, 1.807) is 30.7 Å². The summed E-state index contributed by atoms with van der Waals surface area (Å²) in [5.74, 6) is 0.617. The molecule has 16 heavy (non-hydrogen) atoms. The molecule has 2 N–H and O–H groups in total. The highest BCUT2D eigenvalue weighted by Gasteiger charge is 1.88. The Kier molecular flexibility index (Phi) is 5.25. The summed E-state index contributed by atoms with van der Waals surface area (Å²) in [7, 11) is 0. The maximum atomic E-state index is 10.6. The second-order valence-electron chi connectivity index (χ2n) is 2.71. The van der Waals surface area contributed by atoms with E-state index in [9.17, 15) is 4.79 Å². The summed E-state index contributed by atoms with van der Waals surface area (Å²) in [4.78, 5) is 24.0. The number of hydrogen-bond donors (Lipinski definition) is 2. The van der Waals surface area contributed by atoms with Gasteiger partial charge in [0.1, 0.15) is 12.1 Å². The number of nitrogens with one attached hydrogen (secondary N) is 2. The lowest BCUT2D eigenvalue weighted by atomic mass is 10.6. The van der Waals surface area contributed by atoms with Gasteiger partial charge in [0.2, 0.25) is 0 Å². The van der Waals surface area contributed by atoms with Crippen molar-refractivity contribution in [2.24, 2.45) is 0 Å². The molecule has 0 aliphatic carbocycles. The van der Waals surface area contributed by atoms with Crippen molar-refractivity contribution in [1.82, 2.24) is 19.9 Å². The molecule has 6 heteroatoms. The van der Waals surface area contributed by atoms with Gasteiger partial charge in [-0.3, -0.25) is 0 Å². The number of hydrogen-bond acceptors (Lipinski definition) is 5. The Labute approximate surface area is 92.8 Å². The molecule has 0 fully saturated rings. The third-order valence-corrected chi connectivity index (χ3v) is 1.51. The number of aromatic nitrogens is 4. The lowest BCUT2D eigenvalue weighted by Crippen LogP contribution is -2.12. The van der Waals surface area contributed by atoms with E-state index in [-0.39, 0.29) is 5.69 Å². The van der Waals surface area contributed by atoms with Gasteiger partial charge in [0.25, 0.3) is 0 Å². The first-order valence-corrected chi connectivity index (χ1v) is 4.82. The summed E-state index contributed by atoms with van der Waals surface area (Å²) in [5, 5.41) is 2.92. The Morgan fingerprint density at radius 3 is 2.56 bits per heavy atom. The molecule has 0 atom stereocenters. The molecular formula is C10H13N5O. The molecule has 0 amide bonds. The van der Waals surface area contributed by atoms with Gasteiger partial charge in [-0.05, 0) is 19.1 Å². The Balaban J connectivity index is 0.000000181. The average Bonchev–Trinajstić information content (AvgIpc) is 2.33. The predicted molar refractivity (Wildman–Crippen MR) is 61.1 cm³/mol. The average molecular weight is 219 g/mol. The first-order chi connectivity index (χ1) is 7.83. The lowest BCUT2D eigenvalue weighted by molar-refractivity contribution is 1.05. The largest absolute Gasteiger partial charge is 0.370 e. The standard InChI is InChI=1S/C6H9N3O.C4H4N2/c1-2-7-5-3-4-8-6(10)9-5;1-2-5-4-6-3-1/h3-4H,2H2,1H3,(H2,7,8,9,10);1-4H. The van der Waals surface area contributed by atoms with Crippen LogP contribution in [0, 0.1) is 0 Å². The normalized spacial score (nSPS) is 8.81. The van der Waals surface area contributed by atoms with Crippen molar-refractivity contribution >= 4 is 5.82 Å². The van der Waals surface area contributed by atoms with Crippen LogP contribution in [-0.2, 0) is 0 Å². The van der Waals surface area contributed by atoms with E-state index in [1.165, 1.54) is 6.33 Å². The zero-order valence-electron chi connectivity index (χ0n) is 8.92. The van der Waals surface area contributed by atoms with Gasteiger partial charge in [-0.2, -0.15) is 4.98 Å². The predicted octanol–water partition coefficient (Wildman–Crippen LogP) is 0.678. The minimum absolute atomic E-state index is 0.321. The summed E-state index contributed by atoms with van der Waals surface area (Å²) in [6.07, 6.45) is 6.44. The van der Waals surface area contributed by atoms with Crippen LogP contribution in [0.5, 0.6) is 0 Å². The van der Waals surface area contributed by atoms with Crippen LogP contribution in [0.1, 0.15) is 6.92 Å². The maximum absolute atomic E-state index is 10.6. The number of H-pyrrole nitrogens is 1. The fourth-order valence-corrected chi connectivity index (χ4v) is 0.904. The smallest absolute Gasteiger partial charge is 0.346 e. The summed E-state index contributed by atoms with van der Waals surface area (Å²) >= 11 is 0. The zero-order chi connectivity index (χ0) is 11.6. The van der Waals surface area contributed by atoms with E-state index >= 15 is 0 Å². The maximum Gasteiger partial charge on any atom is 0.346 e. The van der Waals surface area contributed by atoms with Crippen LogP contribution in [0.3, 0.4) is 0 Å². The van der Waals surface area contributed by atoms with Gasteiger partial charge >= 0.3 is 5.69 Å². The van der Waals surface area contributed by atoms with Crippen LogP contribution in [-0.4, -0.2) is 26.5 Å². The van der Waals surface area contributed by atoms with E-state index in [0.29, 0.717) is 5.82 Å². The monoisotopic (exact) mass is 219 g/mol. The molecule has 84 valence electrons. The van der Waals surface area contributed by atoms with Crippen LogP contribution in [0.4, 0.5) is 5.82 Å². The first kappa shape index (κ1) is 11.8. The van der Waals surface area contributed by atoms with Crippen LogP contribution in [0.2, 0.25) is 0 Å². The summed E-state index contributed by atoms with van der Waals surface area (Å²) in [5.41, 5.74) is -0.321. The Bertz CT molecular complexity index is 416. The molecule has 0 radical (unpaired) electrons. The number of aromatic amines is 1. The molecule has 0 unspecified atom stereocenters. The van der Waals surface area contributed by atoms with E-state index in [2.05, 4.69) is 25.3 Å². The van der Waals surface area contributed by atoms with E-state index in [0.717, 1.165) is 6.54 Å². The van der Waals surface area contributed by atoms with Crippen LogP contribution < -0.4 is 11.0 Å². The van der Waals surface area contributed by atoms with Crippen molar-refractivity contribution < 1.29 is 0 Å². The van der Waals surface area contributed by atoms with Gasteiger partial charge in [0.05, 0.1) is 0 Å². The molecule has 0 spiro atoms. The van der Waals surface area contributed by atoms with Crippen LogP contribution >= 0.6 is 0 Å². The van der Waals surface area contributed by atoms with Crippen molar-refractivity contribution in [3.8, 4) is 0 Å². The zero-order valence-corrected chi connectivity index (χ0v) is 8.92. The second kappa shape index (κ2) is 7.10. The van der Waals surface area contributed by atoms with Crippen LogP contribution in [0.25, 0.3) is 0 Å². The lowest BCUT2D eigenvalue weighted by Gasteiger charge is -1.97. The van der Waals surface area contributed by atoms with E-state index < -0.39 is 0 Å². The molecule has 2 aromatic heterocycles.